The molecular formula is C19H26N2O. The van der Waals surface area contributed by atoms with Gasteiger partial charge in [0.15, 0.2) is 5.78 Å². The van der Waals surface area contributed by atoms with E-state index >= 15 is 0 Å². The molecule has 22 heavy (non-hydrogen) atoms. The van der Waals surface area contributed by atoms with E-state index in [2.05, 4.69) is 53.7 Å². The van der Waals surface area contributed by atoms with Gasteiger partial charge in [-0.15, -0.1) is 0 Å². The highest BCUT2D eigenvalue weighted by atomic mass is 16.1. The molecule has 1 heterocycles. The van der Waals surface area contributed by atoms with Crippen LogP contribution in [0.25, 0.3) is 0 Å². The van der Waals surface area contributed by atoms with Crippen LogP contribution in [0.1, 0.15) is 66.1 Å². The van der Waals surface area contributed by atoms with Crippen molar-refractivity contribution in [1.82, 2.24) is 9.78 Å². The Balaban J connectivity index is 2.50. The van der Waals surface area contributed by atoms with Gasteiger partial charge in [0.05, 0.1) is 12.2 Å². The Morgan fingerprint density at radius 1 is 1.09 bits per heavy atom. The van der Waals surface area contributed by atoms with Crippen molar-refractivity contribution in [3.63, 3.8) is 0 Å². The molecule has 3 heteroatoms. The number of benzene rings is 1. The van der Waals surface area contributed by atoms with Gasteiger partial charge in [-0.3, -0.25) is 9.48 Å². The number of aryl methyl sites for hydroxylation is 3. The lowest BCUT2D eigenvalue weighted by Gasteiger charge is -2.15. The fraction of sp³-hybridized carbons (Fsp3) is 0.474. The van der Waals surface area contributed by atoms with Crippen LogP contribution >= 0.6 is 0 Å². The number of aromatic nitrogens is 2. The number of nitrogens with zero attached hydrogens (tertiary/aromatic N) is 2. The molecule has 0 fully saturated rings. The highest BCUT2D eigenvalue weighted by molar-refractivity contribution is 5.92. The molecule has 2 aromatic rings. The van der Waals surface area contributed by atoms with Gasteiger partial charge in [-0.05, 0) is 43.5 Å². The fourth-order valence-electron chi connectivity index (χ4n) is 2.80. The van der Waals surface area contributed by atoms with Gasteiger partial charge in [-0.2, -0.15) is 5.10 Å². The molecule has 0 radical (unpaired) electrons. The Hall–Kier alpha value is -1.90. The second-order valence-electron chi connectivity index (χ2n) is 7.26. The summed E-state index contributed by atoms with van der Waals surface area (Å²) >= 11 is 0. The molecule has 1 aromatic heterocycles. The molecule has 0 atom stereocenters. The first-order valence-corrected chi connectivity index (χ1v) is 7.75. The monoisotopic (exact) mass is 298 g/mol. The summed E-state index contributed by atoms with van der Waals surface area (Å²) in [4.78, 5) is 12.0. The molecule has 0 aliphatic carbocycles. The lowest BCUT2D eigenvalue weighted by molar-refractivity contribution is 0.100. The first kappa shape index (κ1) is 16.5. The highest BCUT2D eigenvalue weighted by Gasteiger charge is 2.22. The zero-order valence-electron chi connectivity index (χ0n) is 14.7. The van der Waals surface area contributed by atoms with Gasteiger partial charge in [-0.1, -0.05) is 38.5 Å². The number of Topliss-reactive ketones (excluding diaryl/α,β-unsaturated/α-hetero) is 1. The van der Waals surface area contributed by atoms with Crippen LogP contribution in [0.2, 0.25) is 0 Å². The maximum Gasteiger partial charge on any atom is 0.177 e. The average molecular weight is 298 g/mol. The molecule has 3 nitrogen and oxygen atoms in total. The van der Waals surface area contributed by atoms with Crippen LogP contribution in [0, 0.1) is 20.8 Å². The van der Waals surface area contributed by atoms with E-state index in [9.17, 15) is 4.79 Å². The van der Waals surface area contributed by atoms with Crippen LogP contribution in [0.15, 0.2) is 18.2 Å². The number of carbonyl (C=O) groups is 1. The van der Waals surface area contributed by atoms with Crippen molar-refractivity contribution in [2.45, 2.75) is 60.4 Å². The lowest BCUT2D eigenvalue weighted by atomic mass is 9.92. The summed E-state index contributed by atoms with van der Waals surface area (Å²) in [5, 5.41) is 4.70. The second-order valence-corrected chi connectivity index (χ2v) is 7.26. The smallest absolute Gasteiger partial charge is 0.177 e. The molecule has 0 spiro atoms. The van der Waals surface area contributed by atoms with E-state index in [0.717, 1.165) is 5.69 Å². The minimum atomic E-state index is -0.0627. The van der Waals surface area contributed by atoms with Gasteiger partial charge in [0.25, 0.3) is 0 Å². The van der Waals surface area contributed by atoms with Crippen molar-refractivity contribution in [1.29, 1.82) is 0 Å². The molecule has 1 aromatic carbocycles. The standard InChI is InChI=1S/C19H26N2O/c1-12-8-13(2)16(14(3)9-12)11-21-17(15(4)22)10-18(20-21)19(5,6)7/h8-10H,11H2,1-7H3. The molecule has 118 valence electrons. The Morgan fingerprint density at radius 3 is 2.09 bits per heavy atom. The maximum absolute atomic E-state index is 12.0. The topological polar surface area (TPSA) is 34.9 Å². The van der Waals surface area contributed by atoms with E-state index in [-0.39, 0.29) is 11.2 Å². The quantitative estimate of drug-likeness (QED) is 0.789. The predicted octanol–water partition coefficient (Wildman–Crippen LogP) is 4.36. The number of hydrogen-bond donors (Lipinski definition) is 0. The Bertz CT molecular complexity index is 695. The minimum Gasteiger partial charge on any atom is -0.293 e. The molecule has 2 rings (SSSR count). The van der Waals surface area contributed by atoms with Crippen LogP contribution in [-0.2, 0) is 12.0 Å². The van der Waals surface area contributed by atoms with E-state index in [4.69, 9.17) is 5.10 Å². The van der Waals surface area contributed by atoms with Crippen LogP contribution in [-0.4, -0.2) is 15.6 Å². The molecule has 0 bridgehead atoms. The molecule has 0 saturated heterocycles. The van der Waals surface area contributed by atoms with Crippen molar-refractivity contribution < 1.29 is 4.79 Å². The average Bonchev–Trinajstić information content (AvgIpc) is 2.77. The molecule has 0 unspecified atom stereocenters. The predicted molar refractivity (Wildman–Crippen MR) is 90.7 cm³/mol. The van der Waals surface area contributed by atoms with E-state index in [1.165, 1.54) is 22.3 Å². The van der Waals surface area contributed by atoms with Gasteiger partial charge in [-0.25, -0.2) is 0 Å². The molecule has 0 aliphatic rings. The van der Waals surface area contributed by atoms with Crippen molar-refractivity contribution in [2.24, 2.45) is 0 Å². The third kappa shape index (κ3) is 3.29. The van der Waals surface area contributed by atoms with Crippen molar-refractivity contribution >= 4 is 5.78 Å². The number of hydrogen-bond acceptors (Lipinski definition) is 2. The molecule has 0 amide bonds. The zero-order valence-corrected chi connectivity index (χ0v) is 14.7. The summed E-state index contributed by atoms with van der Waals surface area (Å²) in [6.07, 6.45) is 0. The summed E-state index contributed by atoms with van der Waals surface area (Å²) in [6, 6.07) is 6.30. The molecule has 0 saturated carbocycles. The van der Waals surface area contributed by atoms with Crippen molar-refractivity contribution in [3.05, 3.63) is 51.8 Å². The van der Waals surface area contributed by atoms with Crippen LogP contribution in [0.3, 0.4) is 0 Å². The van der Waals surface area contributed by atoms with Crippen molar-refractivity contribution in [3.8, 4) is 0 Å². The Morgan fingerprint density at radius 2 is 1.64 bits per heavy atom. The van der Waals surface area contributed by atoms with Gasteiger partial charge >= 0.3 is 0 Å². The molecular weight excluding hydrogens is 272 g/mol. The summed E-state index contributed by atoms with van der Waals surface area (Å²) < 4.78 is 1.85. The van der Waals surface area contributed by atoms with E-state index < -0.39 is 0 Å². The van der Waals surface area contributed by atoms with Gasteiger partial charge in [0.1, 0.15) is 5.69 Å². The number of ketones is 1. The van der Waals surface area contributed by atoms with E-state index in [1.54, 1.807) is 6.92 Å². The summed E-state index contributed by atoms with van der Waals surface area (Å²) in [7, 11) is 0. The van der Waals surface area contributed by atoms with E-state index in [1.807, 2.05) is 10.7 Å². The zero-order chi connectivity index (χ0) is 16.7. The second kappa shape index (κ2) is 5.71. The molecule has 0 N–H and O–H groups in total. The SMILES string of the molecule is CC(=O)c1cc(C(C)(C)C)nn1Cc1c(C)cc(C)cc1C. The number of carbonyl (C=O) groups excluding carboxylic acids is 1. The largest absolute Gasteiger partial charge is 0.293 e. The third-order valence-corrected chi connectivity index (χ3v) is 4.06. The lowest BCUT2D eigenvalue weighted by Crippen LogP contribution is -2.14. The third-order valence-electron chi connectivity index (χ3n) is 4.06. The van der Waals surface area contributed by atoms with Crippen LogP contribution in [0.4, 0.5) is 0 Å². The van der Waals surface area contributed by atoms with E-state index in [0.29, 0.717) is 12.2 Å². The highest BCUT2D eigenvalue weighted by Crippen LogP contribution is 2.24. The Labute approximate surface area is 133 Å². The first-order chi connectivity index (χ1) is 10.1. The normalized spacial score (nSPS) is 11.8. The Kier molecular flexibility index (Phi) is 4.28. The van der Waals surface area contributed by atoms with Gasteiger partial charge < -0.3 is 0 Å². The summed E-state index contributed by atoms with van der Waals surface area (Å²) in [6.45, 7) is 15.0. The minimum absolute atomic E-state index is 0.0606. The summed E-state index contributed by atoms with van der Waals surface area (Å²) in [5.74, 6) is 0.0606. The van der Waals surface area contributed by atoms with Crippen LogP contribution < -0.4 is 0 Å². The number of rotatable bonds is 3. The summed E-state index contributed by atoms with van der Waals surface area (Å²) in [5.41, 5.74) is 6.59. The maximum atomic E-state index is 12.0. The van der Waals surface area contributed by atoms with Gasteiger partial charge in [0.2, 0.25) is 0 Å². The van der Waals surface area contributed by atoms with Crippen molar-refractivity contribution in [2.75, 3.05) is 0 Å². The van der Waals surface area contributed by atoms with Gasteiger partial charge in [0, 0.05) is 12.3 Å². The fourth-order valence-corrected chi connectivity index (χ4v) is 2.80. The van der Waals surface area contributed by atoms with Crippen LogP contribution in [0.5, 0.6) is 0 Å². The first-order valence-electron chi connectivity index (χ1n) is 7.75. The molecule has 0 aliphatic heterocycles.